The lowest BCUT2D eigenvalue weighted by molar-refractivity contribution is -0.116. The number of ketones is 1. The number of allylic oxidation sites excluding steroid dienone is 4. The highest BCUT2D eigenvalue weighted by Crippen LogP contribution is 2.51. The van der Waals surface area contributed by atoms with Gasteiger partial charge in [0, 0.05) is 43.5 Å². The maximum atomic E-state index is 13.8. The molecule has 1 N–H and O–H groups in total. The molecular weight excluding hydrogens is 492 g/mol. The molecule has 0 spiro atoms. The van der Waals surface area contributed by atoms with E-state index < -0.39 is 0 Å². The van der Waals surface area contributed by atoms with Gasteiger partial charge in [0.25, 0.3) is 0 Å². The highest BCUT2D eigenvalue weighted by atomic mass is 127. The van der Waals surface area contributed by atoms with Crippen LogP contribution in [-0.4, -0.2) is 11.5 Å². The standard InChI is InChI=1S/C17H14BrFINOS/c18-9-6-8(11(20)7-10(9)19)15-16-12(2-1-3-14(16)22)21-13-4-5-23-17(13)15/h6-7,15,21H,1-5H2. The highest BCUT2D eigenvalue weighted by Gasteiger charge is 2.39. The second kappa shape index (κ2) is 6.19. The van der Waals surface area contributed by atoms with Crippen LogP contribution in [0.25, 0.3) is 0 Å². The Labute approximate surface area is 160 Å². The molecule has 1 aromatic carbocycles. The normalized spacial score (nSPS) is 23.8. The zero-order valence-corrected chi connectivity index (χ0v) is 16.8. The van der Waals surface area contributed by atoms with Gasteiger partial charge in [0.15, 0.2) is 5.78 Å². The molecule has 6 heteroatoms. The van der Waals surface area contributed by atoms with E-state index in [2.05, 4.69) is 43.8 Å². The molecule has 3 aliphatic rings. The van der Waals surface area contributed by atoms with Crippen LogP contribution in [0.1, 0.15) is 37.2 Å². The van der Waals surface area contributed by atoms with Gasteiger partial charge >= 0.3 is 0 Å². The Morgan fingerprint density at radius 1 is 1.26 bits per heavy atom. The fourth-order valence-electron chi connectivity index (χ4n) is 3.55. The highest BCUT2D eigenvalue weighted by molar-refractivity contribution is 14.1. The lowest BCUT2D eigenvalue weighted by Crippen LogP contribution is -2.30. The number of nitrogens with one attached hydrogen (secondary N) is 1. The molecule has 0 saturated heterocycles. The molecule has 1 aromatic rings. The molecule has 1 aliphatic carbocycles. The minimum absolute atomic E-state index is 0.0367. The van der Waals surface area contributed by atoms with Crippen LogP contribution >= 0.6 is 50.3 Å². The van der Waals surface area contributed by atoms with Crippen molar-refractivity contribution in [3.05, 3.63) is 53.4 Å². The van der Waals surface area contributed by atoms with Gasteiger partial charge in [-0.15, -0.1) is 11.8 Å². The van der Waals surface area contributed by atoms with Crippen LogP contribution in [0.5, 0.6) is 0 Å². The molecule has 2 aliphatic heterocycles. The molecule has 0 fully saturated rings. The minimum atomic E-state index is -0.260. The summed E-state index contributed by atoms with van der Waals surface area (Å²) in [5.41, 5.74) is 4.28. The maximum Gasteiger partial charge on any atom is 0.161 e. The van der Waals surface area contributed by atoms with E-state index >= 15 is 0 Å². The van der Waals surface area contributed by atoms with E-state index in [1.165, 1.54) is 10.6 Å². The van der Waals surface area contributed by atoms with Gasteiger partial charge in [-0.1, -0.05) is 0 Å². The van der Waals surface area contributed by atoms with Crippen molar-refractivity contribution in [3.63, 3.8) is 0 Å². The molecule has 0 bridgehead atoms. The number of thioether (sulfide) groups is 1. The first-order valence-corrected chi connectivity index (χ1v) is 10.5. The summed E-state index contributed by atoms with van der Waals surface area (Å²) in [6.45, 7) is 0. The number of carbonyl (C=O) groups excluding carboxylic acids is 1. The number of halogens is 3. The number of hydrogen-bond acceptors (Lipinski definition) is 3. The smallest absolute Gasteiger partial charge is 0.161 e. The van der Waals surface area contributed by atoms with Crippen molar-refractivity contribution in [1.29, 1.82) is 0 Å². The summed E-state index contributed by atoms with van der Waals surface area (Å²) in [5.74, 6) is 0.982. The third-order valence-electron chi connectivity index (χ3n) is 4.57. The summed E-state index contributed by atoms with van der Waals surface area (Å²) in [7, 11) is 0. The summed E-state index contributed by atoms with van der Waals surface area (Å²) in [6, 6.07) is 3.40. The average Bonchev–Trinajstić information content (AvgIpc) is 2.97. The molecule has 2 heterocycles. The first-order chi connectivity index (χ1) is 11.1. The average molecular weight is 506 g/mol. The predicted octanol–water partition coefficient (Wildman–Crippen LogP) is 5.24. The van der Waals surface area contributed by atoms with E-state index in [1.54, 1.807) is 6.07 Å². The van der Waals surface area contributed by atoms with E-state index in [9.17, 15) is 9.18 Å². The lowest BCUT2D eigenvalue weighted by atomic mass is 9.79. The summed E-state index contributed by atoms with van der Waals surface area (Å²) in [6.07, 6.45) is 3.47. The van der Waals surface area contributed by atoms with Crippen molar-refractivity contribution in [3.8, 4) is 0 Å². The quantitative estimate of drug-likeness (QED) is 0.418. The molecule has 0 amide bonds. The molecule has 1 atom stereocenters. The van der Waals surface area contributed by atoms with Gasteiger partial charge in [-0.3, -0.25) is 4.79 Å². The van der Waals surface area contributed by atoms with Gasteiger partial charge in [0.05, 0.1) is 4.47 Å². The molecule has 120 valence electrons. The Kier molecular flexibility index (Phi) is 4.34. The minimum Gasteiger partial charge on any atom is -0.361 e. The van der Waals surface area contributed by atoms with Crippen molar-refractivity contribution in [2.75, 3.05) is 5.75 Å². The fraction of sp³-hybridized carbons (Fsp3) is 0.353. The lowest BCUT2D eigenvalue weighted by Gasteiger charge is -2.33. The molecule has 0 saturated carbocycles. The number of hydrogen-bond donors (Lipinski definition) is 1. The second-order valence-corrected chi connectivity index (χ2v) is 9.11. The Balaban J connectivity index is 1.92. The van der Waals surface area contributed by atoms with E-state index in [0.717, 1.165) is 45.4 Å². The topological polar surface area (TPSA) is 29.1 Å². The number of benzene rings is 1. The second-order valence-electron chi connectivity index (χ2n) is 5.96. The Hall–Kier alpha value is -0.340. The van der Waals surface area contributed by atoms with Crippen LogP contribution < -0.4 is 5.32 Å². The van der Waals surface area contributed by atoms with Crippen LogP contribution in [0.3, 0.4) is 0 Å². The summed E-state index contributed by atoms with van der Waals surface area (Å²) >= 11 is 7.31. The van der Waals surface area contributed by atoms with Gasteiger partial charge in [-0.05, 0) is 75.5 Å². The van der Waals surface area contributed by atoms with E-state index in [4.69, 9.17) is 0 Å². The number of carbonyl (C=O) groups is 1. The van der Waals surface area contributed by atoms with Crippen molar-refractivity contribution in [2.24, 2.45) is 0 Å². The predicted molar refractivity (Wildman–Crippen MR) is 103 cm³/mol. The van der Waals surface area contributed by atoms with Crippen molar-refractivity contribution >= 4 is 56.1 Å². The number of dihydropyridines is 1. The van der Waals surface area contributed by atoms with Crippen molar-refractivity contribution < 1.29 is 9.18 Å². The fourth-order valence-corrected chi connectivity index (χ4v) is 5.92. The van der Waals surface area contributed by atoms with Crippen LogP contribution in [0.4, 0.5) is 4.39 Å². The van der Waals surface area contributed by atoms with Gasteiger partial charge in [0.2, 0.25) is 0 Å². The van der Waals surface area contributed by atoms with Gasteiger partial charge < -0.3 is 5.32 Å². The zero-order chi connectivity index (χ0) is 16.1. The largest absolute Gasteiger partial charge is 0.361 e. The molecule has 23 heavy (non-hydrogen) atoms. The SMILES string of the molecule is O=C1CCCC2=C1C(c1cc(Br)c(F)cc1I)C1=C(CCS1)N2. The first-order valence-electron chi connectivity index (χ1n) is 7.60. The van der Waals surface area contributed by atoms with Crippen LogP contribution in [0.2, 0.25) is 0 Å². The zero-order valence-electron chi connectivity index (χ0n) is 12.2. The molecule has 4 rings (SSSR count). The molecule has 0 radical (unpaired) electrons. The van der Waals surface area contributed by atoms with Gasteiger partial charge in [-0.25, -0.2) is 4.39 Å². The Bertz CT molecular complexity index is 789. The number of Topliss-reactive ketones (excluding diaryl/α,β-unsaturated/α-hetero) is 1. The number of rotatable bonds is 1. The van der Waals surface area contributed by atoms with Crippen LogP contribution in [-0.2, 0) is 4.79 Å². The summed E-state index contributed by atoms with van der Waals surface area (Å²) in [5, 5.41) is 3.52. The Morgan fingerprint density at radius 3 is 2.91 bits per heavy atom. The molecular formula is C17H14BrFINOS. The van der Waals surface area contributed by atoms with E-state index in [1.807, 2.05) is 17.8 Å². The van der Waals surface area contributed by atoms with Crippen molar-refractivity contribution in [1.82, 2.24) is 5.32 Å². The third kappa shape index (κ3) is 2.70. The van der Waals surface area contributed by atoms with E-state index in [0.29, 0.717) is 10.9 Å². The van der Waals surface area contributed by atoms with Gasteiger partial charge in [0.1, 0.15) is 5.82 Å². The van der Waals surface area contributed by atoms with Crippen LogP contribution in [0, 0.1) is 9.39 Å². The molecule has 0 aromatic heterocycles. The third-order valence-corrected chi connectivity index (χ3v) is 7.31. The monoisotopic (exact) mass is 505 g/mol. The Morgan fingerprint density at radius 2 is 2.09 bits per heavy atom. The first kappa shape index (κ1) is 16.1. The summed E-state index contributed by atoms with van der Waals surface area (Å²) in [4.78, 5) is 13.9. The molecule has 2 nitrogen and oxygen atoms in total. The van der Waals surface area contributed by atoms with E-state index in [-0.39, 0.29) is 17.5 Å². The van der Waals surface area contributed by atoms with Gasteiger partial charge in [-0.2, -0.15) is 0 Å². The van der Waals surface area contributed by atoms with Crippen molar-refractivity contribution in [2.45, 2.75) is 31.6 Å². The maximum absolute atomic E-state index is 13.8. The molecule has 1 unspecified atom stereocenters. The summed E-state index contributed by atoms with van der Waals surface area (Å²) < 4.78 is 15.2. The van der Waals surface area contributed by atoms with Crippen LogP contribution in [0.15, 0.2) is 38.5 Å².